The van der Waals surface area contributed by atoms with Gasteiger partial charge in [-0.3, -0.25) is 0 Å². The van der Waals surface area contributed by atoms with Crippen LogP contribution < -0.4 is 34.3 Å². The minimum absolute atomic E-state index is 0. The molecule has 17 heavy (non-hydrogen) atoms. The van der Waals surface area contributed by atoms with Crippen LogP contribution in [0.3, 0.4) is 0 Å². The molecule has 1 fully saturated rings. The van der Waals surface area contributed by atoms with E-state index in [1.54, 1.807) is 0 Å². The minimum Gasteiger partial charge on any atom is -0.748 e. The Morgan fingerprint density at radius 2 is 1.76 bits per heavy atom. The van der Waals surface area contributed by atoms with Crippen LogP contribution in [0.4, 0.5) is 0 Å². The van der Waals surface area contributed by atoms with Crippen LogP contribution in [-0.2, 0) is 20.1 Å². The monoisotopic (exact) mass is 313 g/mol. The molecular weight excluding hydrogens is 301 g/mol. The van der Waals surface area contributed by atoms with E-state index >= 15 is 0 Å². The van der Waals surface area contributed by atoms with E-state index in [-0.39, 0.29) is 42.4 Å². The van der Waals surface area contributed by atoms with E-state index in [1.165, 1.54) is 0 Å². The smallest absolute Gasteiger partial charge is 0.748 e. The van der Waals surface area contributed by atoms with Crippen molar-refractivity contribution in [3.8, 4) is 0 Å². The molecule has 10 heteroatoms. The van der Waals surface area contributed by atoms with Gasteiger partial charge in [0.25, 0.3) is 0 Å². The number of hydrogen-bond donors (Lipinski definition) is 1. The first-order valence-corrected chi connectivity index (χ1v) is 8.45. The molecule has 0 bridgehead atoms. The zero-order chi connectivity index (χ0) is 12.6. The molecule has 0 saturated heterocycles. The molecule has 0 aromatic carbocycles. The van der Waals surface area contributed by atoms with Crippen molar-refractivity contribution < 1.29 is 50.9 Å². The number of alkyl halides is 1. The Balaban J connectivity index is 0.00000256. The van der Waals surface area contributed by atoms with Crippen molar-refractivity contribution >= 4 is 31.7 Å². The largest absolute Gasteiger partial charge is 1.00 e. The van der Waals surface area contributed by atoms with E-state index in [1.807, 2.05) is 0 Å². The first-order valence-electron chi connectivity index (χ1n) is 4.65. The van der Waals surface area contributed by atoms with Crippen molar-refractivity contribution in [2.45, 2.75) is 35.9 Å². The summed E-state index contributed by atoms with van der Waals surface area (Å²) in [7, 11) is -7.84. The van der Waals surface area contributed by atoms with Crippen LogP contribution in [0.5, 0.6) is 0 Å². The maximum atomic E-state index is 11.0. The van der Waals surface area contributed by atoms with Gasteiger partial charge < -0.3 is 4.55 Å². The molecule has 0 aliphatic heterocycles. The Bertz CT molecular complexity index is 451. The van der Waals surface area contributed by atoms with E-state index in [2.05, 4.69) is 4.72 Å². The van der Waals surface area contributed by atoms with Crippen LogP contribution in [0.15, 0.2) is 0 Å². The van der Waals surface area contributed by atoms with Gasteiger partial charge in [-0.15, -0.1) is 11.6 Å². The third kappa shape index (κ3) is 6.20. The van der Waals surface area contributed by atoms with Gasteiger partial charge in [0.15, 0.2) is 0 Å². The first kappa shape index (κ1) is 18.1. The van der Waals surface area contributed by atoms with Crippen molar-refractivity contribution in [3.63, 3.8) is 0 Å². The minimum atomic E-state index is -4.38. The molecule has 1 aliphatic carbocycles. The summed E-state index contributed by atoms with van der Waals surface area (Å²) >= 11 is 5.88. The van der Waals surface area contributed by atoms with Gasteiger partial charge in [-0.2, -0.15) is 0 Å². The first-order chi connectivity index (χ1) is 7.09. The molecule has 1 rings (SSSR count). The topological polar surface area (TPSA) is 103 Å². The zero-order valence-corrected chi connectivity index (χ0v) is 14.0. The Labute approximate surface area is 129 Å². The third-order valence-electron chi connectivity index (χ3n) is 2.49. The van der Waals surface area contributed by atoms with Gasteiger partial charge in [-0.25, -0.2) is 21.6 Å². The molecular formula is C7H13ClNNaO5S2. The summed E-state index contributed by atoms with van der Waals surface area (Å²) in [6, 6.07) is -0.695. The predicted molar refractivity (Wildman–Crippen MR) is 58.7 cm³/mol. The zero-order valence-electron chi connectivity index (χ0n) is 9.59. The average molecular weight is 314 g/mol. The summed E-state index contributed by atoms with van der Waals surface area (Å²) in [6.07, 6.45) is 1.39. The molecule has 3 atom stereocenters. The Morgan fingerprint density at radius 1 is 1.24 bits per heavy atom. The molecule has 0 heterocycles. The number of sulfonamides is 1. The standard InChI is InChI=1S/C7H14ClNO5S2.Na/c1-15(10,11)9-7-4-5(16(12,13)14)2-3-6(7)8;/h5-7,9H,2-4H2,1H3,(H,12,13,14);/q;+1/p-1. The third-order valence-corrected chi connectivity index (χ3v) is 4.99. The number of halogens is 1. The Morgan fingerprint density at radius 3 is 2.18 bits per heavy atom. The second-order valence-electron chi connectivity index (χ2n) is 3.94. The van der Waals surface area contributed by atoms with Gasteiger partial charge in [0.1, 0.15) is 0 Å². The van der Waals surface area contributed by atoms with Crippen molar-refractivity contribution in [1.29, 1.82) is 0 Å². The molecule has 1 saturated carbocycles. The van der Waals surface area contributed by atoms with Gasteiger partial charge in [-0.05, 0) is 19.3 Å². The fraction of sp³-hybridized carbons (Fsp3) is 1.00. The molecule has 3 unspecified atom stereocenters. The van der Waals surface area contributed by atoms with Gasteiger partial charge in [0.05, 0.1) is 27.0 Å². The molecule has 1 aliphatic rings. The summed E-state index contributed by atoms with van der Waals surface area (Å²) in [6.45, 7) is 0. The van der Waals surface area contributed by atoms with E-state index in [0.717, 1.165) is 6.26 Å². The van der Waals surface area contributed by atoms with Crippen LogP contribution in [0.2, 0.25) is 0 Å². The fourth-order valence-corrected chi connectivity index (χ4v) is 3.80. The van der Waals surface area contributed by atoms with Gasteiger partial charge in [0, 0.05) is 6.04 Å². The molecule has 1 N–H and O–H groups in total. The predicted octanol–water partition coefficient (Wildman–Crippen LogP) is -3.39. The molecule has 0 aromatic heterocycles. The van der Waals surface area contributed by atoms with Crippen LogP contribution in [0.1, 0.15) is 19.3 Å². The fourth-order valence-electron chi connectivity index (χ4n) is 1.75. The summed E-state index contributed by atoms with van der Waals surface area (Å²) in [4.78, 5) is 0. The van der Waals surface area contributed by atoms with E-state index in [9.17, 15) is 21.4 Å². The summed E-state index contributed by atoms with van der Waals surface area (Å²) in [5.41, 5.74) is 0. The summed E-state index contributed by atoms with van der Waals surface area (Å²) < 4.78 is 56.7. The normalized spacial score (nSPS) is 30.6. The Hall–Kier alpha value is 1.11. The van der Waals surface area contributed by atoms with Crippen LogP contribution >= 0.6 is 11.6 Å². The summed E-state index contributed by atoms with van der Waals surface area (Å²) in [5, 5.41) is -1.53. The van der Waals surface area contributed by atoms with Crippen LogP contribution in [-0.4, -0.2) is 44.3 Å². The SMILES string of the molecule is CS(=O)(=O)NC1CC(S(=O)(=O)[O-])CCC1Cl.[Na+]. The van der Waals surface area contributed by atoms with E-state index in [0.29, 0.717) is 6.42 Å². The van der Waals surface area contributed by atoms with Gasteiger partial charge in [0.2, 0.25) is 10.0 Å². The molecule has 0 radical (unpaired) electrons. The van der Waals surface area contributed by atoms with Crippen molar-refractivity contribution in [2.24, 2.45) is 0 Å². The molecule has 0 spiro atoms. The maximum Gasteiger partial charge on any atom is 1.00 e. The molecule has 0 aromatic rings. The average Bonchev–Trinajstić information content (AvgIpc) is 2.04. The molecule has 96 valence electrons. The van der Waals surface area contributed by atoms with Crippen LogP contribution in [0, 0.1) is 0 Å². The quantitative estimate of drug-likeness (QED) is 0.332. The van der Waals surface area contributed by atoms with Crippen LogP contribution in [0.25, 0.3) is 0 Å². The second-order valence-corrected chi connectivity index (χ2v) is 7.93. The van der Waals surface area contributed by atoms with Crippen molar-refractivity contribution in [2.75, 3.05) is 6.26 Å². The Kier molecular flexibility index (Phi) is 6.94. The summed E-state index contributed by atoms with van der Waals surface area (Å²) in [5.74, 6) is 0. The van der Waals surface area contributed by atoms with Crippen molar-refractivity contribution in [1.82, 2.24) is 4.72 Å². The number of rotatable bonds is 3. The maximum absolute atomic E-state index is 11.0. The van der Waals surface area contributed by atoms with Gasteiger partial charge in [-0.1, -0.05) is 0 Å². The van der Waals surface area contributed by atoms with E-state index in [4.69, 9.17) is 11.6 Å². The number of nitrogens with one attached hydrogen (secondary N) is 1. The molecule has 0 amide bonds. The number of hydrogen-bond acceptors (Lipinski definition) is 5. The second kappa shape index (κ2) is 6.51. The molecule has 6 nitrogen and oxygen atoms in total. The van der Waals surface area contributed by atoms with Crippen molar-refractivity contribution in [3.05, 3.63) is 0 Å². The van der Waals surface area contributed by atoms with Gasteiger partial charge >= 0.3 is 29.6 Å². The van der Waals surface area contributed by atoms with E-state index < -0.39 is 36.8 Å².